The van der Waals surface area contributed by atoms with Gasteiger partial charge in [-0.3, -0.25) is 9.55 Å². The minimum atomic E-state index is -4.05. The maximum atomic E-state index is 10.7. The standard InChI is InChI=1S/C12H22N2O3S2/c1-11(2)8-4-5-12(11,3)9(6-8)14-10(13)7-18-19(15,16)17/h8-9H,4-7H2,1-3H3,(H2,13,14)(H,15,16,17)/t8-,9+,12+/m0/s1. The normalized spacial score (nSPS) is 37.8. The lowest BCUT2D eigenvalue weighted by Gasteiger charge is -2.37. The summed E-state index contributed by atoms with van der Waals surface area (Å²) < 4.78 is 30.0. The summed E-state index contributed by atoms with van der Waals surface area (Å²) in [6.45, 7) is 6.85. The SMILES string of the molecule is CC1(C)[C@H]2CC[C@]1(C)[C@H](N=C(N)CSS(=O)(=O)O)C2. The average Bonchev–Trinajstić information content (AvgIpc) is 2.58. The molecule has 0 aromatic heterocycles. The second kappa shape index (κ2) is 4.63. The Bertz CT molecular complexity index is 501. The van der Waals surface area contributed by atoms with Crippen LogP contribution in [-0.4, -0.2) is 30.6 Å². The Morgan fingerprint density at radius 2 is 2.11 bits per heavy atom. The summed E-state index contributed by atoms with van der Waals surface area (Å²) in [5, 5.41) is 0. The fraction of sp³-hybridized carbons (Fsp3) is 0.917. The lowest BCUT2D eigenvalue weighted by atomic mass is 9.69. The van der Waals surface area contributed by atoms with Crippen LogP contribution in [0.4, 0.5) is 0 Å². The fourth-order valence-electron chi connectivity index (χ4n) is 3.73. The van der Waals surface area contributed by atoms with E-state index in [1.165, 1.54) is 6.42 Å². The second-order valence-electron chi connectivity index (χ2n) is 6.44. The number of hydrogen-bond donors (Lipinski definition) is 2. The Morgan fingerprint density at radius 3 is 2.53 bits per heavy atom. The first-order valence-electron chi connectivity index (χ1n) is 6.50. The van der Waals surface area contributed by atoms with Crippen LogP contribution >= 0.6 is 10.8 Å². The Kier molecular flexibility index (Phi) is 3.69. The van der Waals surface area contributed by atoms with Crippen LogP contribution in [0.2, 0.25) is 0 Å². The molecule has 2 aliphatic rings. The molecular formula is C12H22N2O3S2. The summed E-state index contributed by atoms with van der Waals surface area (Å²) in [6.07, 6.45) is 3.42. The lowest BCUT2D eigenvalue weighted by molar-refractivity contribution is 0.137. The highest BCUT2D eigenvalue weighted by atomic mass is 33.1. The van der Waals surface area contributed by atoms with Gasteiger partial charge in [-0.15, -0.1) is 0 Å². The summed E-state index contributed by atoms with van der Waals surface area (Å²) in [5.74, 6) is 1.00. The first-order chi connectivity index (χ1) is 8.56. The highest BCUT2D eigenvalue weighted by Gasteiger charge is 2.61. The van der Waals surface area contributed by atoms with Gasteiger partial charge in [-0.05, 0) is 36.0 Å². The fourth-order valence-corrected chi connectivity index (χ4v) is 4.88. The van der Waals surface area contributed by atoms with E-state index < -0.39 is 9.15 Å². The molecule has 3 N–H and O–H groups in total. The molecule has 0 spiro atoms. The van der Waals surface area contributed by atoms with E-state index in [0.29, 0.717) is 22.5 Å². The zero-order valence-corrected chi connectivity index (χ0v) is 13.2. The Morgan fingerprint density at radius 1 is 1.47 bits per heavy atom. The molecule has 0 saturated heterocycles. The molecule has 2 rings (SSSR count). The third kappa shape index (κ3) is 2.64. The number of rotatable bonds is 4. The van der Waals surface area contributed by atoms with E-state index in [2.05, 4.69) is 25.8 Å². The van der Waals surface area contributed by atoms with Crippen molar-refractivity contribution in [3.63, 3.8) is 0 Å². The lowest BCUT2D eigenvalue weighted by Crippen LogP contribution is -2.36. The van der Waals surface area contributed by atoms with Crippen molar-refractivity contribution < 1.29 is 13.0 Å². The zero-order valence-electron chi connectivity index (χ0n) is 11.6. The van der Waals surface area contributed by atoms with Gasteiger partial charge in [-0.1, -0.05) is 20.8 Å². The van der Waals surface area contributed by atoms with E-state index in [0.717, 1.165) is 12.8 Å². The number of nitrogens with zero attached hydrogens (tertiary/aromatic N) is 1. The Hall–Kier alpha value is -0.270. The monoisotopic (exact) mass is 306 g/mol. The van der Waals surface area contributed by atoms with Crippen molar-refractivity contribution in [1.29, 1.82) is 0 Å². The van der Waals surface area contributed by atoms with Crippen LogP contribution in [0.3, 0.4) is 0 Å². The quantitative estimate of drug-likeness (QED) is 0.359. The number of fused-ring (bicyclic) bond motifs is 2. The molecule has 2 aliphatic carbocycles. The van der Waals surface area contributed by atoms with Crippen molar-refractivity contribution in [2.75, 3.05) is 5.75 Å². The van der Waals surface area contributed by atoms with Crippen LogP contribution in [-0.2, 0) is 9.15 Å². The number of nitrogens with two attached hydrogens (primary N) is 1. The van der Waals surface area contributed by atoms with Crippen LogP contribution in [0.15, 0.2) is 4.99 Å². The highest BCUT2D eigenvalue weighted by molar-refractivity contribution is 8.70. The second-order valence-corrected chi connectivity index (χ2v) is 9.79. The molecule has 5 nitrogen and oxygen atoms in total. The predicted octanol–water partition coefficient (Wildman–Crippen LogP) is 2.09. The van der Waals surface area contributed by atoms with Crippen molar-refractivity contribution in [3.05, 3.63) is 0 Å². The summed E-state index contributed by atoms with van der Waals surface area (Å²) in [7, 11) is -3.63. The average molecular weight is 306 g/mol. The summed E-state index contributed by atoms with van der Waals surface area (Å²) in [6, 6.07) is 0.170. The van der Waals surface area contributed by atoms with E-state index in [-0.39, 0.29) is 22.6 Å². The van der Waals surface area contributed by atoms with Crippen LogP contribution in [0.25, 0.3) is 0 Å². The third-order valence-corrected chi connectivity index (χ3v) is 7.38. The summed E-state index contributed by atoms with van der Waals surface area (Å²) in [4.78, 5) is 4.53. The van der Waals surface area contributed by atoms with E-state index in [1.807, 2.05) is 0 Å². The van der Waals surface area contributed by atoms with Crippen LogP contribution in [0.1, 0.15) is 40.0 Å². The molecule has 0 aliphatic heterocycles. The molecular weight excluding hydrogens is 284 g/mol. The van der Waals surface area contributed by atoms with Crippen LogP contribution < -0.4 is 5.73 Å². The number of hydrogen-bond acceptors (Lipinski definition) is 4. The van der Waals surface area contributed by atoms with Crippen molar-refractivity contribution >= 4 is 25.8 Å². The molecule has 0 aromatic carbocycles. The largest absolute Gasteiger partial charge is 0.387 e. The molecule has 110 valence electrons. The molecule has 2 saturated carbocycles. The van der Waals surface area contributed by atoms with Crippen molar-refractivity contribution in [1.82, 2.24) is 0 Å². The van der Waals surface area contributed by atoms with Crippen LogP contribution in [0.5, 0.6) is 0 Å². The predicted molar refractivity (Wildman–Crippen MR) is 78.6 cm³/mol. The first kappa shape index (κ1) is 15.1. The minimum absolute atomic E-state index is 0.0243. The maximum absolute atomic E-state index is 10.7. The van der Waals surface area contributed by atoms with Gasteiger partial charge in [0.05, 0.1) is 11.8 Å². The molecule has 19 heavy (non-hydrogen) atoms. The topological polar surface area (TPSA) is 92.8 Å². The van der Waals surface area contributed by atoms with E-state index >= 15 is 0 Å². The third-order valence-electron chi connectivity index (χ3n) is 5.43. The van der Waals surface area contributed by atoms with Gasteiger partial charge in [0.1, 0.15) is 5.84 Å². The van der Waals surface area contributed by atoms with Gasteiger partial charge in [0.15, 0.2) is 0 Å². The zero-order chi connectivity index (χ0) is 14.5. The van der Waals surface area contributed by atoms with Crippen molar-refractivity contribution in [2.45, 2.75) is 46.1 Å². The molecule has 2 fully saturated rings. The minimum Gasteiger partial charge on any atom is -0.387 e. The van der Waals surface area contributed by atoms with Gasteiger partial charge in [0.2, 0.25) is 0 Å². The van der Waals surface area contributed by atoms with E-state index in [9.17, 15) is 8.42 Å². The van der Waals surface area contributed by atoms with E-state index in [1.54, 1.807) is 0 Å². The summed E-state index contributed by atoms with van der Waals surface area (Å²) in [5.41, 5.74) is 6.20. The molecule has 0 unspecified atom stereocenters. The molecule has 0 radical (unpaired) electrons. The molecule has 7 heteroatoms. The van der Waals surface area contributed by atoms with Gasteiger partial charge >= 0.3 is 9.15 Å². The van der Waals surface area contributed by atoms with Gasteiger partial charge in [0.25, 0.3) is 0 Å². The summed E-state index contributed by atoms with van der Waals surface area (Å²) >= 11 is 0. The van der Waals surface area contributed by atoms with Crippen molar-refractivity contribution in [3.8, 4) is 0 Å². The molecule has 3 atom stereocenters. The van der Waals surface area contributed by atoms with Crippen molar-refractivity contribution in [2.24, 2.45) is 27.5 Å². The molecule has 0 amide bonds. The number of amidine groups is 1. The van der Waals surface area contributed by atoms with Gasteiger partial charge < -0.3 is 5.73 Å². The smallest absolute Gasteiger partial charge is 0.320 e. The molecule has 0 heterocycles. The maximum Gasteiger partial charge on any atom is 0.320 e. The van der Waals surface area contributed by atoms with Gasteiger partial charge in [0, 0.05) is 10.8 Å². The molecule has 0 aromatic rings. The molecule has 2 bridgehead atoms. The Balaban J connectivity index is 2.09. The first-order valence-corrected chi connectivity index (χ1v) is 9.44. The van der Waals surface area contributed by atoms with E-state index in [4.69, 9.17) is 10.3 Å². The highest BCUT2D eigenvalue weighted by Crippen LogP contribution is 2.66. The van der Waals surface area contributed by atoms with Crippen LogP contribution in [0, 0.1) is 16.7 Å². The van der Waals surface area contributed by atoms with Gasteiger partial charge in [-0.25, -0.2) is 0 Å². The number of aliphatic imine (C=N–C) groups is 1. The van der Waals surface area contributed by atoms with Gasteiger partial charge in [-0.2, -0.15) is 8.42 Å². The Labute approximate surface area is 118 Å².